The number of carbonyl (C=O) groups excluding carboxylic acids is 2. The first-order chi connectivity index (χ1) is 10.9. The predicted octanol–water partition coefficient (Wildman–Crippen LogP) is 3.18. The summed E-state index contributed by atoms with van der Waals surface area (Å²) in [6.07, 6.45) is 1.68. The molecule has 6 heteroatoms. The molecule has 23 heavy (non-hydrogen) atoms. The molecular weight excluding hydrogens is 318 g/mol. The number of rotatable bonds is 8. The highest BCUT2D eigenvalue weighted by Gasteiger charge is 2.13. The van der Waals surface area contributed by atoms with E-state index in [2.05, 4.69) is 5.32 Å². The SMILES string of the molecule is CCC(CC)NC(=O)COC(=O)COc1c(C)cc(Cl)cc1C. The summed E-state index contributed by atoms with van der Waals surface area (Å²) in [4.78, 5) is 23.3. The Labute approximate surface area is 142 Å². The van der Waals surface area contributed by atoms with Crippen LogP contribution < -0.4 is 10.1 Å². The van der Waals surface area contributed by atoms with Crippen LogP contribution in [0.4, 0.5) is 0 Å². The van der Waals surface area contributed by atoms with Gasteiger partial charge >= 0.3 is 5.97 Å². The maximum atomic E-state index is 11.7. The van der Waals surface area contributed by atoms with Crippen molar-refractivity contribution >= 4 is 23.5 Å². The topological polar surface area (TPSA) is 64.6 Å². The third-order valence-electron chi connectivity index (χ3n) is 3.47. The van der Waals surface area contributed by atoms with Crippen molar-refractivity contribution in [1.29, 1.82) is 0 Å². The Balaban J connectivity index is 2.42. The van der Waals surface area contributed by atoms with Gasteiger partial charge in [0.05, 0.1) is 0 Å². The molecule has 0 aliphatic carbocycles. The minimum Gasteiger partial charge on any atom is -0.481 e. The summed E-state index contributed by atoms with van der Waals surface area (Å²) < 4.78 is 10.4. The maximum Gasteiger partial charge on any atom is 0.344 e. The molecule has 0 saturated heterocycles. The molecule has 1 aromatic carbocycles. The number of halogens is 1. The van der Waals surface area contributed by atoms with Crippen LogP contribution in [0.15, 0.2) is 12.1 Å². The lowest BCUT2D eigenvalue weighted by atomic mass is 10.1. The van der Waals surface area contributed by atoms with E-state index in [1.165, 1.54) is 0 Å². The zero-order valence-electron chi connectivity index (χ0n) is 14.1. The molecule has 0 unspecified atom stereocenters. The van der Waals surface area contributed by atoms with Crippen molar-refractivity contribution in [2.45, 2.75) is 46.6 Å². The van der Waals surface area contributed by atoms with Gasteiger partial charge in [-0.2, -0.15) is 0 Å². The second-order valence-electron chi connectivity index (χ2n) is 5.40. The summed E-state index contributed by atoms with van der Waals surface area (Å²) in [6.45, 7) is 7.14. The van der Waals surface area contributed by atoms with Crippen LogP contribution in [-0.4, -0.2) is 31.1 Å². The molecule has 0 saturated carbocycles. The number of hydrogen-bond donors (Lipinski definition) is 1. The summed E-state index contributed by atoms with van der Waals surface area (Å²) in [5.74, 6) is -0.280. The normalized spacial score (nSPS) is 10.5. The quantitative estimate of drug-likeness (QED) is 0.737. The van der Waals surface area contributed by atoms with Gasteiger partial charge in [0.15, 0.2) is 13.2 Å². The molecule has 128 valence electrons. The van der Waals surface area contributed by atoms with Crippen molar-refractivity contribution in [3.05, 3.63) is 28.3 Å². The highest BCUT2D eigenvalue weighted by Crippen LogP contribution is 2.26. The van der Waals surface area contributed by atoms with Gasteiger partial charge in [0.1, 0.15) is 5.75 Å². The van der Waals surface area contributed by atoms with Crippen LogP contribution in [0.2, 0.25) is 5.02 Å². The Morgan fingerprint density at radius 3 is 2.22 bits per heavy atom. The number of aryl methyl sites for hydroxylation is 2. The lowest BCUT2D eigenvalue weighted by molar-refractivity contribution is -0.150. The van der Waals surface area contributed by atoms with Crippen molar-refractivity contribution in [1.82, 2.24) is 5.32 Å². The van der Waals surface area contributed by atoms with Gasteiger partial charge in [0.25, 0.3) is 5.91 Å². The van der Waals surface area contributed by atoms with Crippen molar-refractivity contribution in [2.75, 3.05) is 13.2 Å². The van der Waals surface area contributed by atoms with E-state index < -0.39 is 5.97 Å². The van der Waals surface area contributed by atoms with Crippen LogP contribution in [0.3, 0.4) is 0 Å². The van der Waals surface area contributed by atoms with Crippen LogP contribution >= 0.6 is 11.6 Å². The minimum atomic E-state index is -0.585. The van der Waals surface area contributed by atoms with Gasteiger partial charge < -0.3 is 14.8 Å². The van der Waals surface area contributed by atoms with Crippen molar-refractivity contribution in [3.8, 4) is 5.75 Å². The largest absolute Gasteiger partial charge is 0.481 e. The molecule has 1 amide bonds. The number of esters is 1. The Hall–Kier alpha value is -1.75. The fourth-order valence-corrected chi connectivity index (χ4v) is 2.53. The first kappa shape index (κ1) is 19.3. The Bertz CT molecular complexity index is 533. The van der Waals surface area contributed by atoms with Crippen LogP contribution in [0.1, 0.15) is 37.8 Å². The second-order valence-corrected chi connectivity index (χ2v) is 5.84. The molecule has 0 heterocycles. The summed E-state index contributed by atoms with van der Waals surface area (Å²) in [5.41, 5.74) is 1.68. The monoisotopic (exact) mass is 341 g/mol. The molecule has 0 bridgehead atoms. The molecule has 0 radical (unpaired) electrons. The molecule has 0 aromatic heterocycles. The van der Waals surface area contributed by atoms with Crippen LogP contribution in [0.5, 0.6) is 5.75 Å². The predicted molar refractivity (Wildman–Crippen MR) is 89.9 cm³/mol. The molecule has 0 fully saturated rings. The van der Waals surface area contributed by atoms with Crippen LogP contribution in [-0.2, 0) is 14.3 Å². The van der Waals surface area contributed by atoms with Crippen molar-refractivity contribution in [3.63, 3.8) is 0 Å². The fraction of sp³-hybridized carbons (Fsp3) is 0.529. The molecule has 1 rings (SSSR count). The summed E-state index contributed by atoms with van der Waals surface area (Å²) in [6, 6.07) is 3.63. The average molecular weight is 342 g/mol. The van der Waals surface area contributed by atoms with Crippen LogP contribution in [0.25, 0.3) is 0 Å². The first-order valence-corrected chi connectivity index (χ1v) is 8.09. The van der Waals surface area contributed by atoms with Gasteiger partial charge in [0.2, 0.25) is 0 Å². The highest BCUT2D eigenvalue weighted by atomic mass is 35.5. The number of amides is 1. The van der Waals surface area contributed by atoms with Gasteiger partial charge in [-0.1, -0.05) is 25.4 Å². The van der Waals surface area contributed by atoms with Gasteiger partial charge in [-0.25, -0.2) is 4.79 Å². The van der Waals surface area contributed by atoms with E-state index in [1.54, 1.807) is 12.1 Å². The number of hydrogen-bond acceptors (Lipinski definition) is 4. The average Bonchev–Trinajstić information content (AvgIpc) is 2.49. The zero-order chi connectivity index (χ0) is 17.4. The Morgan fingerprint density at radius 1 is 1.13 bits per heavy atom. The summed E-state index contributed by atoms with van der Waals surface area (Å²) in [5, 5.41) is 3.42. The van der Waals surface area contributed by atoms with E-state index in [9.17, 15) is 9.59 Å². The first-order valence-electron chi connectivity index (χ1n) is 7.71. The van der Waals surface area contributed by atoms with E-state index in [1.807, 2.05) is 27.7 Å². The number of nitrogens with one attached hydrogen (secondary N) is 1. The van der Waals surface area contributed by atoms with Gasteiger partial charge in [-0.15, -0.1) is 0 Å². The fourth-order valence-electron chi connectivity index (χ4n) is 2.21. The number of benzene rings is 1. The van der Waals surface area contributed by atoms with Gasteiger partial charge in [-0.3, -0.25) is 4.79 Å². The van der Waals surface area contributed by atoms with E-state index in [-0.39, 0.29) is 25.2 Å². The molecule has 1 N–H and O–H groups in total. The zero-order valence-corrected chi connectivity index (χ0v) is 14.8. The van der Waals surface area contributed by atoms with Crippen molar-refractivity contribution < 1.29 is 19.1 Å². The van der Waals surface area contributed by atoms with Crippen LogP contribution in [0, 0.1) is 13.8 Å². The van der Waals surface area contributed by atoms with E-state index >= 15 is 0 Å². The molecule has 0 aliphatic rings. The van der Waals surface area contributed by atoms with Crippen molar-refractivity contribution in [2.24, 2.45) is 0 Å². The summed E-state index contributed by atoms with van der Waals surface area (Å²) in [7, 11) is 0. The molecule has 1 aromatic rings. The Kier molecular flexibility index (Phi) is 7.89. The molecule has 0 spiro atoms. The lowest BCUT2D eigenvalue weighted by Gasteiger charge is -2.15. The van der Waals surface area contributed by atoms with E-state index in [0.717, 1.165) is 24.0 Å². The van der Waals surface area contributed by atoms with E-state index in [0.29, 0.717) is 10.8 Å². The van der Waals surface area contributed by atoms with Gasteiger partial charge in [0, 0.05) is 11.1 Å². The molecular formula is C17H24ClNO4. The third-order valence-corrected chi connectivity index (χ3v) is 3.69. The smallest absolute Gasteiger partial charge is 0.344 e. The highest BCUT2D eigenvalue weighted by molar-refractivity contribution is 6.30. The molecule has 0 aliphatic heterocycles. The third kappa shape index (κ3) is 6.48. The maximum absolute atomic E-state index is 11.7. The number of carbonyl (C=O) groups is 2. The summed E-state index contributed by atoms with van der Waals surface area (Å²) >= 11 is 5.94. The van der Waals surface area contributed by atoms with Gasteiger partial charge in [-0.05, 0) is 49.9 Å². The molecule has 0 atom stereocenters. The standard InChI is InChI=1S/C17H24ClNO4/c1-5-14(6-2)19-15(20)9-22-16(21)10-23-17-11(3)7-13(18)8-12(17)4/h7-8,14H,5-6,9-10H2,1-4H3,(H,19,20). The number of ether oxygens (including phenoxy) is 2. The lowest BCUT2D eigenvalue weighted by Crippen LogP contribution is -2.37. The van der Waals surface area contributed by atoms with E-state index in [4.69, 9.17) is 21.1 Å². The molecule has 5 nitrogen and oxygen atoms in total. The second kappa shape index (κ2) is 9.40. The Morgan fingerprint density at radius 2 is 1.70 bits per heavy atom. The minimum absolute atomic E-state index is 0.108.